The van der Waals surface area contributed by atoms with E-state index < -0.39 is 13.2 Å². The second kappa shape index (κ2) is 10.9. The molecule has 1 saturated heterocycles. The van der Waals surface area contributed by atoms with Crippen molar-refractivity contribution < 1.29 is 26.1 Å². The zero-order chi connectivity index (χ0) is 23.3. The lowest BCUT2D eigenvalue weighted by Gasteiger charge is -2.40. The second-order valence-electron chi connectivity index (χ2n) is 8.49. The predicted molar refractivity (Wildman–Crippen MR) is 113 cm³/mol. The molecule has 0 radical (unpaired) electrons. The number of pyridine rings is 1. The van der Waals surface area contributed by atoms with Crippen LogP contribution in [0.1, 0.15) is 46.3 Å². The first-order valence-electron chi connectivity index (χ1n) is 11.6. The number of hydrogen-bond acceptors (Lipinski definition) is 6. The minimum absolute atomic E-state index is 0.0165. The fraction of sp³-hybridized carbons (Fsp3) is 0.727. The number of alkyl halides is 1. The van der Waals surface area contributed by atoms with Crippen molar-refractivity contribution in [1.29, 1.82) is 0 Å². The average Bonchev–Trinajstić information content (AvgIpc) is 3.49. The van der Waals surface area contributed by atoms with Gasteiger partial charge in [0.1, 0.15) is 18.0 Å². The van der Waals surface area contributed by atoms with Crippen LogP contribution in [0.3, 0.4) is 0 Å². The minimum Gasteiger partial charge on any atom is -0.476 e. The highest BCUT2D eigenvalue weighted by Crippen LogP contribution is 2.34. The van der Waals surface area contributed by atoms with Crippen molar-refractivity contribution in [3.05, 3.63) is 17.8 Å². The molecule has 1 aromatic rings. The van der Waals surface area contributed by atoms with Gasteiger partial charge in [-0.2, -0.15) is 0 Å². The first-order chi connectivity index (χ1) is 15.1. The molecule has 1 aromatic heterocycles. The van der Waals surface area contributed by atoms with Crippen LogP contribution in [0, 0.1) is 11.8 Å². The monoisotopic (exact) mass is 425 g/mol. The molecular weight excluding hydrogens is 389 g/mol. The van der Waals surface area contributed by atoms with E-state index >= 15 is 0 Å². The Labute approximate surface area is 181 Å². The summed E-state index contributed by atoms with van der Waals surface area (Å²) >= 11 is 0. The molecule has 30 heavy (non-hydrogen) atoms. The molecule has 8 heteroatoms. The summed E-state index contributed by atoms with van der Waals surface area (Å²) in [6.45, 7) is 2.52. The molecule has 0 bridgehead atoms. The van der Waals surface area contributed by atoms with Gasteiger partial charge in [0.15, 0.2) is 0 Å². The summed E-state index contributed by atoms with van der Waals surface area (Å²) in [5.74, 6) is 0.888. The number of aromatic nitrogens is 1. The summed E-state index contributed by atoms with van der Waals surface area (Å²) in [7, 11) is 1.69. The Morgan fingerprint density at radius 3 is 2.80 bits per heavy atom. The fourth-order valence-electron chi connectivity index (χ4n) is 3.41. The summed E-state index contributed by atoms with van der Waals surface area (Å²) < 4.78 is 43.4. The Morgan fingerprint density at radius 1 is 1.40 bits per heavy atom. The summed E-state index contributed by atoms with van der Waals surface area (Å²) in [4.78, 5) is 19.5. The number of nitrogens with one attached hydrogen (secondary N) is 1. The van der Waals surface area contributed by atoms with Gasteiger partial charge in [0.2, 0.25) is 5.88 Å². The topological polar surface area (TPSA) is 72.9 Å². The third-order valence-corrected chi connectivity index (χ3v) is 5.31. The van der Waals surface area contributed by atoms with Crippen LogP contribution in [0.5, 0.6) is 5.88 Å². The number of halogens is 1. The molecule has 2 heterocycles. The van der Waals surface area contributed by atoms with Gasteiger partial charge in [-0.25, -0.2) is 9.37 Å². The molecule has 1 N–H and O–H groups in total. The number of carbonyl (C=O) groups excluding carboxylic acids is 1. The lowest BCUT2D eigenvalue weighted by Crippen LogP contribution is -2.52. The largest absolute Gasteiger partial charge is 0.476 e. The maximum Gasteiger partial charge on any atom is 0.270 e. The number of methoxy groups -OCH3 is 1. The van der Waals surface area contributed by atoms with Crippen LogP contribution in [0.15, 0.2) is 12.1 Å². The van der Waals surface area contributed by atoms with Gasteiger partial charge >= 0.3 is 0 Å². The van der Waals surface area contributed by atoms with Crippen molar-refractivity contribution in [2.24, 2.45) is 11.8 Å². The predicted octanol–water partition coefficient (Wildman–Crippen LogP) is 2.84. The Kier molecular flexibility index (Phi) is 7.27. The summed E-state index contributed by atoms with van der Waals surface area (Å²) in [6, 6.07) is 3.13. The van der Waals surface area contributed by atoms with Gasteiger partial charge in [0, 0.05) is 20.2 Å². The quantitative estimate of drug-likeness (QED) is 0.524. The highest BCUT2D eigenvalue weighted by Gasteiger charge is 2.31. The number of hydrogen-bond donors (Lipinski definition) is 1. The maximum absolute atomic E-state index is 13.1. The van der Waals surface area contributed by atoms with Crippen LogP contribution >= 0.6 is 0 Å². The van der Waals surface area contributed by atoms with Crippen molar-refractivity contribution in [3.63, 3.8) is 0 Å². The van der Waals surface area contributed by atoms with E-state index in [-0.39, 0.29) is 36.3 Å². The highest BCUT2D eigenvalue weighted by molar-refractivity contribution is 5.93. The maximum atomic E-state index is 13.1. The van der Waals surface area contributed by atoms with E-state index in [1.165, 1.54) is 0 Å². The Balaban J connectivity index is 1.66. The van der Waals surface area contributed by atoms with E-state index in [9.17, 15) is 9.18 Å². The zero-order valence-electron chi connectivity index (χ0n) is 20.0. The van der Waals surface area contributed by atoms with Crippen LogP contribution in [0.25, 0.3) is 0 Å². The van der Waals surface area contributed by atoms with Gasteiger partial charge in [-0.15, -0.1) is 0 Å². The van der Waals surface area contributed by atoms with Crippen LogP contribution in [0.2, 0.25) is 0 Å². The third kappa shape index (κ3) is 6.54. The van der Waals surface area contributed by atoms with Crippen molar-refractivity contribution >= 4 is 11.6 Å². The van der Waals surface area contributed by atoms with E-state index in [1.54, 1.807) is 13.2 Å². The summed E-state index contributed by atoms with van der Waals surface area (Å²) in [5, 5.41) is 2.89. The normalized spacial score (nSPS) is 19.2. The van der Waals surface area contributed by atoms with Crippen LogP contribution < -0.4 is 15.0 Å². The van der Waals surface area contributed by atoms with E-state index in [0.717, 1.165) is 31.6 Å². The average molecular weight is 426 g/mol. The van der Waals surface area contributed by atoms with Crippen molar-refractivity contribution in [2.45, 2.75) is 45.3 Å². The van der Waals surface area contributed by atoms with Crippen molar-refractivity contribution in [3.8, 4) is 5.88 Å². The van der Waals surface area contributed by atoms with Crippen LogP contribution in [-0.2, 0) is 9.47 Å². The fourth-order valence-corrected chi connectivity index (χ4v) is 3.41. The molecular formula is C22H34FN3O4. The highest BCUT2D eigenvalue weighted by atomic mass is 19.1. The smallest absolute Gasteiger partial charge is 0.270 e. The number of nitrogens with zero attached hydrogens (tertiary/aromatic N) is 2. The number of amides is 1. The van der Waals surface area contributed by atoms with Crippen LogP contribution in [0.4, 0.5) is 10.1 Å². The second-order valence-corrected chi connectivity index (χ2v) is 8.49. The molecule has 0 aromatic carbocycles. The first-order valence-corrected chi connectivity index (χ1v) is 10.6. The van der Waals surface area contributed by atoms with Gasteiger partial charge in [0.25, 0.3) is 5.91 Å². The summed E-state index contributed by atoms with van der Waals surface area (Å²) in [6.07, 6.45) is 3.09. The van der Waals surface area contributed by atoms with Gasteiger partial charge in [-0.05, 0) is 43.2 Å². The molecule has 1 aliphatic carbocycles. The van der Waals surface area contributed by atoms with E-state index in [0.29, 0.717) is 24.8 Å². The standard InChI is InChI=1S/C22H34FN3O4/c1-15(2)10-17(14-29-9-8-23)24-21(27)19-6-7-20(26-11-18(12-26)28-3)22(25-19)30-13-16-4-5-16/h6-7,15-18H,4-5,8-14H2,1-3H3,(H,24,27)/i8D2. The van der Waals surface area contributed by atoms with Gasteiger partial charge in [-0.3, -0.25) is 4.79 Å². The van der Waals surface area contributed by atoms with Crippen LogP contribution in [-0.4, -0.2) is 69.7 Å². The molecule has 168 valence electrons. The van der Waals surface area contributed by atoms with E-state index in [1.807, 2.05) is 19.9 Å². The molecule has 7 nitrogen and oxygen atoms in total. The molecule has 1 amide bonds. The molecule has 1 atom stereocenters. The Hall–Kier alpha value is -1.93. The van der Waals surface area contributed by atoms with E-state index in [4.69, 9.17) is 17.0 Å². The van der Waals surface area contributed by atoms with Gasteiger partial charge in [0.05, 0.1) is 34.7 Å². The SMILES string of the molecule is [2H]C([2H])(F)COCC(CC(C)C)NC(=O)c1ccc(N2CC(OC)C2)c(OCC2CC2)n1. The summed E-state index contributed by atoms with van der Waals surface area (Å²) in [5.41, 5.74) is 1.08. The van der Waals surface area contributed by atoms with Crippen molar-refractivity contribution in [1.82, 2.24) is 10.3 Å². The van der Waals surface area contributed by atoms with Gasteiger partial charge in [-0.1, -0.05) is 13.8 Å². The number of anilines is 1. The lowest BCUT2D eigenvalue weighted by molar-refractivity contribution is 0.0766. The molecule has 1 unspecified atom stereocenters. The third-order valence-electron chi connectivity index (χ3n) is 5.31. The Bertz CT molecular complexity index is 768. The number of rotatable bonds is 13. The number of ether oxygens (including phenoxy) is 3. The number of carbonyl (C=O) groups is 1. The van der Waals surface area contributed by atoms with E-state index in [2.05, 4.69) is 15.2 Å². The molecule has 2 aliphatic rings. The molecule has 1 aliphatic heterocycles. The first kappa shape index (κ1) is 20.0. The van der Waals surface area contributed by atoms with Crippen molar-refractivity contribution in [2.75, 3.05) is 51.5 Å². The minimum atomic E-state index is -2.91. The lowest BCUT2D eigenvalue weighted by atomic mass is 10.0. The Morgan fingerprint density at radius 2 is 2.17 bits per heavy atom. The molecule has 3 rings (SSSR count). The van der Waals surface area contributed by atoms with Gasteiger partial charge < -0.3 is 24.4 Å². The zero-order valence-corrected chi connectivity index (χ0v) is 18.0. The molecule has 0 spiro atoms. The molecule has 2 fully saturated rings. The molecule has 1 saturated carbocycles.